The van der Waals surface area contributed by atoms with Gasteiger partial charge in [-0.05, 0) is 44.3 Å². The average Bonchev–Trinajstić information content (AvgIpc) is 2.79. The third-order valence-corrected chi connectivity index (χ3v) is 2.75. The molecule has 17 heavy (non-hydrogen) atoms. The number of benzene rings is 1. The van der Waals surface area contributed by atoms with E-state index < -0.39 is 0 Å². The normalized spacial score (nSPS) is 10.7. The molecule has 0 spiro atoms. The maximum absolute atomic E-state index is 5.83. The summed E-state index contributed by atoms with van der Waals surface area (Å²) >= 11 is 5.83. The van der Waals surface area contributed by atoms with Crippen LogP contribution in [0.4, 0.5) is 0 Å². The Morgan fingerprint density at radius 2 is 2.06 bits per heavy atom. The van der Waals surface area contributed by atoms with Crippen LogP contribution in [0, 0.1) is 0 Å². The van der Waals surface area contributed by atoms with Gasteiger partial charge in [-0.15, -0.1) is 0 Å². The number of halogens is 1. The van der Waals surface area contributed by atoms with E-state index in [1.54, 1.807) is 6.20 Å². The van der Waals surface area contributed by atoms with Crippen LogP contribution in [0.15, 0.2) is 34.9 Å². The summed E-state index contributed by atoms with van der Waals surface area (Å²) in [4.78, 5) is 4.26. The Balaban J connectivity index is 2.04. The number of aryl methyl sites for hydroxylation is 1. The second-order valence-corrected chi connectivity index (χ2v) is 4.28. The summed E-state index contributed by atoms with van der Waals surface area (Å²) in [6.45, 7) is 0.983. The fraction of sp³-hybridized carbons (Fsp3) is 0.308. The van der Waals surface area contributed by atoms with Crippen LogP contribution < -0.4 is 5.32 Å². The summed E-state index contributed by atoms with van der Waals surface area (Å²) in [7, 11) is 1.94. The summed E-state index contributed by atoms with van der Waals surface area (Å²) in [5, 5.41) is 3.82. The molecular formula is C13H15ClN2O. The Labute approximate surface area is 106 Å². The van der Waals surface area contributed by atoms with Gasteiger partial charge in [0.1, 0.15) is 5.76 Å². The molecule has 0 atom stereocenters. The Hall–Kier alpha value is -1.32. The van der Waals surface area contributed by atoms with Crippen molar-refractivity contribution >= 4 is 11.6 Å². The number of hydrogen-bond donors (Lipinski definition) is 1. The lowest BCUT2D eigenvalue weighted by Crippen LogP contribution is -2.08. The first-order valence-corrected chi connectivity index (χ1v) is 6.02. The SMILES string of the molecule is CNCCCc1cnc(-c2ccc(Cl)cc2)o1. The second-order valence-electron chi connectivity index (χ2n) is 3.85. The van der Waals surface area contributed by atoms with Gasteiger partial charge < -0.3 is 9.73 Å². The van der Waals surface area contributed by atoms with Crippen molar-refractivity contribution in [3.8, 4) is 11.5 Å². The summed E-state index contributed by atoms with van der Waals surface area (Å²) in [6, 6.07) is 7.49. The van der Waals surface area contributed by atoms with E-state index in [2.05, 4.69) is 10.3 Å². The van der Waals surface area contributed by atoms with Crippen molar-refractivity contribution in [2.45, 2.75) is 12.8 Å². The predicted molar refractivity (Wildman–Crippen MR) is 69.2 cm³/mol. The Bertz CT molecular complexity index is 465. The first-order chi connectivity index (χ1) is 8.29. The number of aromatic nitrogens is 1. The van der Waals surface area contributed by atoms with Crippen molar-refractivity contribution in [2.24, 2.45) is 0 Å². The van der Waals surface area contributed by atoms with Crippen molar-refractivity contribution in [1.29, 1.82) is 0 Å². The third kappa shape index (κ3) is 3.32. The van der Waals surface area contributed by atoms with Gasteiger partial charge in [-0.3, -0.25) is 0 Å². The van der Waals surface area contributed by atoms with Crippen molar-refractivity contribution < 1.29 is 4.42 Å². The second kappa shape index (κ2) is 5.84. The quantitative estimate of drug-likeness (QED) is 0.829. The molecule has 4 heteroatoms. The van der Waals surface area contributed by atoms with E-state index in [0.29, 0.717) is 5.89 Å². The van der Waals surface area contributed by atoms with Crippen molar-refractivity contribution in [3.63, 3.8) is 0 Å². The lowest BCUT2D eigenvalue weighted by molar-refractivity contribution is 0.507. The van der Waals surface area contributed by atoms with E-state index in [9.17, 15) is 0 Å². The Kier molecular flexibility index (Phi) is 4.18. The van der Waals surface area contributed by atoms with Crippen LogP contribution in [0.2, 0.25) is 5.02 Å². The topological polar surface area (TPSA) is 38.1 Å². The standard InChI is InChI=1S/C13H15ClN2O/c1-15-8-2-3-12-9-16-13(17-12)10-4-6-11(14)7-5-10/h4-7,9,15H,2-3,8H2,1H3. The van der Waals surface area contributed by atoms with Gasteiger partial charge in [0.2, 0.25) is 5.89 Å². The van der Waals surface area contributed by atoms with Crippen LogP contribution in [0.1, 0.15) is 12.2 Å². The first-order valence-electron chi connectivity index (χ1n) is 5.65. The molecule has 0 aliphatic carbocycles. The molecule has 0 aliphatic rings. The van der Waals surface area contributed by atoms with Crippen LogP contribution in [0.25, 0.3) is 11.5 Å². The number of nitrogens with one attached hydrogen (secondary N) is 1. The summed E-state index contributed by atoms with van der Waals surface area (Å²) in [5.74, 6) is 1.58. The van der Waals surface area contributed by atoms with E-state index >= 15 is 0 Å². The number of nitrogens with zero attached hydrogens (tertiary/aromatic N) is 1. The van der Waals surface area contributed by atoms with Gasteiger partial charge >= 0.3 is 0 Å². The number of rotatable bonds is 5. The van der Waals surface area contributed by atoms with Gasteiger partial charge in [-0.1, -0.05) is 11.6 Å². The predicted octanol–water partition coefficient (Wildman–Crippen LogP) is 3.15. The zero-order valence-electron chi connectivity index (χ0n) is 9.74. The summed E-state index contributed by atoms with van der Waals surface area (Å²) < 4.78 is 5.67. The molecule has 1 aromatic heterocycles. The fourth-order valence-electron chi connectivity index (χ4n) is 1.59. The Morgan fingerprint density at radius 3 is 2.76 bits per heavy atom. The molecule has 0 amide bonds. The molecule has 0 saturated carbocycles. The monoisotopic (exact) mass is 250 g/mol. The Morgan fingerprint density at radius 1 is 1.29 bits per heavy atom. The number of hydrogen-bond acceptors (Lipinski definition) is 3. The highest BCUT2D eigenvalue weighted by Crippen LogP contribution is 2.21. The van der Waals surface area contributed by atoms with Crippen molar-refractivity contribution in [1.82, 2.24) is 10.3 Å². The molecule has 1 N–H and O–H groups in total. The molecule has 0 unspecified atom stereocenters. The van der Waals surface area contributed by atoms with Crippen LogP contribution in [-0.2, 0) is 6.42 Å². The first kappa shape index (κ1) is 12.1. The largest absolute Gasteiger partial charge is 0.441 e. The number of oxazole rings is 1. The zero-order valence-corrected chi connectivity index (χ0v) is 10.5. The van der Waals surface area contributed by atoms with E-state index in [1.807, 2.05) is 31.3 Å². The molecule has 0 bridgehead atoms. The highest BCUT2D eigenvalue weighted by atomic mass is 35.5. The minimum Gasteiger partial charge on any atom is -0.441 e. The molecule has 0 saturated heterocycles. The summed E-state index contributed by atoms with van der Waals surface area (Å²) in [5.41, 5.74) is 0.953. The molecule has 90 valence electrons. The molecule has 2 rings (SSSR count). The smallest absolute Gasteiger partial charge is 0.226 e. The maximum atomic E-state index is 5.83. The molecule has 0 radical (unpaired) electrons. The molecule has 1 heterocycles. The van der Waals surface area contributed by atoms with E-state index in [0.717, 1.165) is 35.7 Å². The van der Waals surface area contributed by atoms with E-state index in [1.165, 1.54) is 0 Å². The van der Waals surface area contributed by atoms with Gasteiger partial charge in [0.05, 0.1) is 6.20 Å². The molecule has 1 aromatic carbocycles. The van der Waals surface area contributed by atoms with Gasteiger partial charge in [0, 0.05) is 17.0 Å². The third-order valence-electron chi connectivity index (χ3n) is 2.49. The molecule has 0 fully saturated rings. The molecular weight excluding hydrogens is 236 g/mol. The van der Waals surface area contributed by atoms with Crippen LogP contribution in [0.5, 0.6) is 0 Å². The summed E-state index contributed by atoms with van der Waals surface area (Å²) in [6.07, 6.45) is 3.74. The van der Waals surface area contributed by atoms with E-state index in [4.69, 9.17) is 16.0 Å². The van der Waals surface area contributed by atoms with Crippen LogP contribution in [0.3, 0.4) is 0 Å². The van der Waals surface area contributed by atoms with Gasteiger partial charge in [-0.25, -0.2) is 4.98 Å². The fourth-order valence-corrected chi connectivity index (χ4v) is 1.71. The van der Waals surface area contributed by atoms with Gasteiger partial charge in [0.15, 0.2) is 0 Å². The lowest BCUT2D eigenvalue weighted by Gasteiger charge is -1.97. The minimum absolute atomic E-state index is 0.654. The van der Waals surface area contributed by atoms with E-state index in [-0.39, 0.29) is 0 Å². The van der Waals surface area contributed by atoms with Crippen molar-refractivity contribution in [2.75, 3.05) is 13.6 Å². The zero-order chi connectivity index (χ0) is 12.1. The van der Waals surface area contributed by atoms with Crippen LogP contribution >= 0.6 is 11.6 Å². The molecule has 3 nitrogen and oxygen atoms in total. The average molecular weight is 251 g/mol. The maximum Gasteiger partial charge on any atom is 0.226 e. The highest BCUT2D eigenvalue weighted by molar-refractivity contribution is 6.30. The molecule has 2 aromatic rings. The molecule has 0 aliphatic heterocycles. The van der Waals surface area contributed by atoms with Gasteiger partial charge in [-0.2, -0.15) is 0 Å². The lowest BCUT2D eigenvalue weighted by atomic mass is 10.2. The highest BCUT2D eigenvalue weighted by Gasteiger charge is 2.06. The van der Waals surface area contributed by atoms with Crippen molar-refractivity contribution in [3.05, 3.63) is 41.2 Å². The van der Waals surface area contributed by atoms with Crippen LogP contribution in [-0.4, -0.2) is 18.6 Å². The van der Waals surface area contributed by atoms with Gasteiger partial charge in [0.25, 0.3) is 0 Å². The minimum atomic E-state index is 0.654.